The zero-order valence-electron chi connectivity index (χ0n) is 15.6. The van der Waals surface area contributed by atoms with E-state index in [4.69, 9.17) is 11.6 Å². The summed E-state index contributed by atoms with van der Waals surface area (Å²) >= 11 is 5.95. The molecule has 2 aromatic heterocycles. The van der Waals surface area contributed by atoms with Crippen LogP contribution in [0.3, 0.4) is 0 Å². The Kier molecular flexibility index (Phi) is 5.60. The molecular weight excluding hydrogens is 366 g/mol. The average Bonchev–Trinajstić information content (AvgIpc) is 3.07. The van der Waals surface area contributed by atoms with Crippen LogP contribution in [-0.2, 0) is 11.3 Å². The van der Waals surface area contributed by atoms with Gasteiger partial charge >= 0.3 is 0 Å². The molecule has 0 atom stereocenters. The van der Waals surface area contributed by atoms with Crippen LogP contribution in [-0.4, -0.2) is 25.5 Å². The van der Waals surface area contributed by atoms with E-state index < -0.39 is 0 Å². The molecule has 0 radical (unpaired) electrons. The topological polar surface area (TPSA) is 83.4 Å². The first-order valence-electron chi connectivity index (χ1n) is 8.91. The van der Waals surface area contributed by atoms with E-state index in [1.54, 1.807) is 30.9 Å². The number of fused-ring (bicyclic) bond motifs is 1. The summed E-state index contributed by atoms with van der Waals surface area (Å²) in [6.45, 7) is 5.84. The van der Waals surface area contributed by atoms with Crippen LogP contribution in [0.2, 0.25) is 5.02 Å². The van der Waals surface area contributed by atoms with Gasteiger partial charge < -0.3 is 0 Å². The van der Waals surface area contributed by atoms with Crippen molar-refractivity contribution < 1.29 is 4.79 Å². The highest BCUT2D eigenvalue weighted by atomic mass is 35.5. The lowest BCUT2D eigenvalue weighted by molar-refractivity contribution is -0.118. The fourth-order valence-electron chi connectivity index (χ4n) is 2.73. The normalized spacial score (nSPS) is 11.1. The number of H-pyrrole nitrogens is 1. The fourth-order valence-corrected chi connectivity index (χ4v) is 2.86. The minimum atomic E-state index is -0.219. The summed E-state index contributed by atoms with van der Waals surface area (Å²) in [6.07, 6.45) is 2.11. The second-order valence-corrected chi connectivity index (χ2v) is 6.96. The summed E-state index contributed by atoms with van der Waals surface area (Å²) in [5.41, 5.74) is 1.87. The number of benzene rings is 1. The van der Waals surface area contributed by atoms with Gasteiger partial charge in [-0.05, 0) is 38.0 Å². The van der Waals surface area contributed by atoms with Crippen LogP contribution in [0.5, 0.6) is 0 Å². The number of nitrogens with one attached hydrogen (secondary N) is 1. The van der Waals surface area contributed by atoms with Crippen molar-refractivity contribution in [3.63, 3.8) is 0 Å². The van der Waals surface area contributed by atoms with Crippen molar-refractivity contribution >= 4 is 29.2 Å². The van der Waals surface area contributed by atoms with E-state index in [1.165, 1.54) is 4.52 Å². The van der Waals surface area contributed by atoms with Crippen molar-refractivity contribution in [1.29, 1.82) is 0 Å². The second-order valence-electron chi connectivity index (χ2n) is 6.52. The highest BCUT2D eigenvalue weighted by Crippen LogP contribution is 2.18. The molecule has 0 saturated heterocycles. The van der Waals surface area contributed by atoms with Crippen molar-refractivity contribution in [2.45, 2.75) is 46.6 Å². The van der Waals surface area contributed by atoms with Gasteiger partial charge in [-0.2, -0.15) is 9.50 Å². The number of hydrogen-bond donors (Lipinski definition) is 1. The molecule has 3 rings (SSSR count). The van der Waals surface area contributed by atoms with Crippen molar-refractivity contribution in [1.82, 2.24) is 19.6 Å². The van der Waals surface area contributed by atoms with Crippen LogP contribution < -0.4 is 10.5 Å². The van der Waals surface area contributed by atoms with E-state index in [-0.39, 0.29) is 17.2 Å². The molecule has 8 heteroatoms. The number of carbonyl (C=O) groups excluding carboxylic acids is 1. The summed E-state index contributed by atoms with van der Waals surface area (Å²) in [7, 11) is 0. The van der Waals surface area contributed by atoms with E-state index in [1.807, 2.05) is 19.1 Å². The lowest BCUT2D eigenvalue weighted by Crippen LogP contribution is -2.31. The molecule has 142 valence electrons. The van der Waals surface area contributed by atoms with Gasteiger partial charge in [-0.3, -0.25) is 19.6 Å². The van der Waals surface area contributed by atoms with Crippen molar-refractivity contribution in [2.75, 3.05) is 4.90 Å². The van der Waals surface area contributed by atoms with E-state index in [0.29, 0.717) is 35.2 Å². The van der Waals surface area contributed by atoms with E-state index >= 15 is 0 Å². The minimum absolute atomic E-state index is 0.0626. The zero-order chi connectivity index (χ0) is 19.6. The maximum atomic E-state index is 12.8. The third kappa shape index (κ3) is 4.03. The standard InChI is InChI=1S/C19H22ClN5O2/c1-4-5-6-16(26)24(11-14-7-9-15(20)10-8-14)19-22-18-21-13(3)12(2)17(27)25(18)23-19/h7-10H,4-6,11H2,1-3H3,(H,21,22,23). The zero-order valence-corrected chi connectivity index (χ0v) is 16.4. The quantitative estimate of drug-likeness (QED) is 0.702. The molecule has 7 nitrogen and oxygen atoms in total. The van der Waals surface area contributed by atoms with Gasteiger partial charge in [0.1, 0.15) is 0 Å². The Balaban J connectivity index is 2.02. The van der Waals surface area contributed by atoms with Crippen LogP contribution >= 0.6 is 11.6 Å². The molecule has 3 aromatic rings. The summed E-state index contributed by atoms with van der Waals surface area (Å²) in [6, 6.07) is 7.29. The van der Waals surface area contributed by atoms with Gasteiger partial charge in [-0.25, -0.2) is 4.98 Å². The van der Waals surface area contributed by atoms with E-state index in [9.17, 15) is 9.59 Å². The molecule has 27 heavy (non-hydrogen) atoms. The predicted octanol–water partition coefficient (Wildman–Crippen LogP) is 3.41. The van der Waals surface area contributed by atoms with Crippen LogP contribution in [0.1, 0.15) is 43.0 Å². The number of aromatic amines is 1. The summed E-state index contributed by atoms with van der Waals surface area (Å²) in [5.74, 6) is 0.496. The van der Waals surface area contributed by atoms with Gasteiger partial charge in [0, 0.05) is 22.7 Å². The maximum Gasteiger partial charge on any atom is 0.277 e. The number of aryl methyl sites for hydroxylation is 1. The van der Waals surface area contributed by atoms with Gasteiger partial charge in [-0.1, -0.05) is 37.1 Å². The SMILES string of the molecule is CCCCC(=O)N(Cc1ccc(Cl)cc1)c1nc2nc(C)c(C)c(=O)n2[nH]1. The van der Waals surface area contributed by atoms with Gasteiger partial charge in [0.15, 0.2) is 0 Å². The third-order valence-electron chi connectivity index (χ3n) is 4.51. The number of halogens is 1. The van der Waals surface area contributed by atoms with Crippen LogP contribution in [0.15, 0.2) is 29.1 Å². The number of carbonyl (C=O) groups is 1. The van der Waals surface area contributed by atoms with Crippen molar-refractivity contribution in [3.8, 4) is 0 Å². The predicted molar refractivity (Wildman–Crippen MR) is 105 cm³/mol. The second kappa shape index (κ2) is 7.92. The lowest BCUT2D eigenvalue weighted by Gasteiger charge is -2.19. The van der Waals surface area contributed by atoms with Crippen molar-refractivity contribution in [3.05, 3.63) is 56.5 Å². The molecule has 0 spiro atoms. The Hall–Kier alpha value is -2.67. The van der Waals surface area contributed by atoms with Crippen LogP contribution in [0.4, 0.5) is 5.95 Å². The molecule has 2 heterocycles. The van der Waals surface area contributed by atoms with E-state index in [0.717, 1.165) is 18.4 Å². The van der Waals surface area contributed by atoms with Gasteiger partial charge in [0.05, 0.1) is 6.54 Å². The number of nitrogens with zero attached hydrogens (tertiary/aromatic N) is 4. The molecule has 0 aliphatic carbocycles. The first-order valence-corrected chi connectivity index (χ1v) is 9.29. The first-order chi connectivity index (χ1) is 12.9. The van der Waals surface area contributed by atoms with Gasteiger partial charge in [0.25, 0.3) is 11.3 Å². The smallest absolute Gasteiger partial charge is 0.277 e. The number of rotatable bonds is 6. The summed E-state index contributed by atoms with van der Waals surface area (Å²) < 4.78 is 1.28. The molecule has 1 N–H and O–H groups in total. The number of anilines is 1. The minimum Gasteiger partial charge on any atom is -0.277 e. The number of unbranched alkanes of at least 4 members (excludes halogenated alkanes) is 1. The van der Waals surface area contributed by atoms with Crippen LogP contribution in [0, 0.1) is 13.8 Å². The number of amides is 1. The monoisotopic (exact) mass is 387 g/mol. The highest BCUT2D eigenvalue weighted by Gasteiger charge is 2.21. The van der Waals surface area contributed by atoms with Gasteiger partial charge in [-0.15, -0.1) is 0 Å². The first kappa shape index (κ1) is 19.1. The summed E-state index contributed by atoms with van der Waals surface area (Å²) in [4.78, 5) is 35.5. The highest BCUT2D eigenvalue weighted by molar-refractivity contribution is 6.30. The lowest BCUT2D eigenvalue weighted by atomic mass is 10.2. The largest absolute Gasteiger partial charge is 0.277 e. The Morgan fingerprint density at radius 2 is 1.93 bits per heavy atom. The summed E-state index contributed by atoms with van der Waals surface area (Å²) in [5, 5.41) is 3.56. The number of aromatic nitrogens is 4. The molecular formula is C19H22ClN5O2. The van der Waals surface area contributed by atoms with Crippen LogP contribution in [0.25, 0.3) is 5.78 Å². The Morgan fingerprint density at radius 3 is 2.59 bits per heavy atom. The number of hydrogen-bond acceptors (Lipinski definition) is 4. The molecule has 1 amide bonds. The van der Waals surface area contributed by atoms with Gasteiger partial charge in [0.2, 0.25) is 11.9 Å². The Labute approximate surface area is 162 Å². The molecule has 0 saturated carbocycles. The third-order valence-corrected chi connectivity index (χ3v) is 4.76. The molecule has 0 aliphatic heterocycles. The van der Waals surface area contributed by atoms with E-state index in [2.05, 4.69) is 15.1 Å². The Bertz CT molecular complexity index is 1020. The molecule has 0 aliphatic rings. The van der Waals surface area contributed by atoms with Crippen molar-refractivity contribution in [2.24, 2.45) is 0 Å². The Morgan fingerprint density at radius 1 is 1.22 bits per heavy atom. The molecule has 0 fully saturated rings. The molecule has 0 bridgehead atoms. The average molecular weight is 388 g/mol. The molecule has 1 aromatic carbocycles. The fraction of sp³-hybridized carbons (Fsp3) is 0.368. The maximum absolute atomic E-state index is 12.8. The molecule has 0 unspecified atom stereocenters.